The third kappa shape index (κ3) is 4.17. The smallest absolute Gasteiger partial charge is 0.342 e. The van der Waals surface area contributed by atoms with E-state index in [4.69, 9.17) is 4.84 Å². The lowest BCUT2D eigenvalue weighted by Crippen LogP contribution is -2.48. The number of alkyl halides is 3. The number of nitrogens with one attached hydrogen (secondary N) is 2. The summed E-state index contributed by atoms with van der Waals surface area (Å²) in [5, 5.41) is 1.84. The van der Waals surface area contributed by atoms with Crippen LogP contribution >= 0.6 is 0 Å². The number of rotatable bonds is 4. The molecule has 0 radical (unpaired) electrons. The van der Waals surface area contributed by atoms with Crippen LogP contribution in [0.3, 0.4) is 0 Å². The zero-order valence-corrected chi connectivity index (χ0v) is 15.5. The van der Waals surface area contributed by atoms with E-state index in [0.29, 0.717) is 32.7 Å². The second-order valence-corrected chi connectivity index (χ2v) is 7.65. The lowest BCUT2D eigenvalue weighted by molar-refractivity contribution is -0.140. The van der Waals surface area contributed by atoms with Crippen LogP contribution in [0.5, 0.6) is 0 Å². The first-order chi connectivity index (χ1) is 13.4. The number of benzene rings is 1. The van der Waals surface area contributed by atoms with Gasteiger partial charge in [0, 0.05) is 44.6 Å². The Bertz CT molecular complexity index is 691. The van der Waals surface area contributed by atoms with Crippen LogP contribution in [-0.2, 0) is 15.8 Å². The van der Waals surface area contributed by atoms with Gasteiger partial charge in [0.1, 0.15) is 0 Å². The zero-order chi connectivity index (χ0) is 19.7. The lowest BCUT2D eigenvalue weighted by Gasteiger charge is -2.36. The van der Waals surface area contributed by atoms with Gasteiger partial charge in [0.2, 0.25) is 5.91 Å². The van der Waals surface area contributed by atoms with E-state index >= 15 is 0 Å². The normalized spacial score (nSPS) is 28.5. The van der Waals surface area contributed by atoms with Gasteiger partial charge in [-0.15, -0.1) is 0 Å². The molecule has 3 heterocycles. The Kier molecular flexibility index (Phi) is 5.59. The summed E-state index contributed by atoms with van der Waals surface area (Å²) in [4.78, 5) is 19.9. The summed E-state index contributed by atoms with van der Waals surface area (Å²) in [6.07, 6.45) is -2.10. The Morgan fingerprint density at radius 2 is 1.96 bits per heavy atom. The molecule has 28 heavy (non-hydrogen) atoms. The van der Waals surface area contributed by atoms with Crippen LogP contribution in [0.1, 0.15) is 36.4 Å². The van der Waals surface area contributed by atoms with Gasteiger partial charge >= 0.3 is 6.18 Å². The van der Waals surface area contributed by atoms with Crippen LogP contribution < -0.4 is 10.9 Å². The molecule has 9 heteroatoms. The second kappa shape index (κ2) is 7.98. The molecular formula is C19H25F3N4O2. The van der Waals surface area contributed by atoms with E-state index in [0.717, 1.165) is 37.1 Å². The van der Waals surface area contributed by atoms with Crippen molar-refractivity contribution in [2.45, 2.75) is 37.5 Å². The Morgan fingerprint density at radius 3 is 2.64 bits per heavy atom. The molecule has 1 aromatic rings. The summed E-state index contributed by atoms with van der Waals surface area (Å²) in [6.45, 7) is 3.46. The number of hydroxylamine groups is 2. The highest BCUT2D eigenvalue weighted by atomic mass is 19.4. The van der Waals surface area contributed by atoms with E-state index < -0.39 is 11.7 Å². The molecule has 2 N–H and O–H groups in total. The highest BCUT2D eigenvalue weighted by Crippen LogP contribution is 2.35. The molecule has 3 fully saturated rings. The summed E-state index contributed by atoms with van der Waals surface area (Å²) in [6, 6.07) is 5.37. The van der Waals surface area contributed by atoms with Crippen LogP contribution in [0, 0.1) is 5.92 Å². The zero-order valence-electron chi connectivity index (χ0n) is 15.5. The molecule has 3 unspecified atom stereocenters. The molecule has 1 amide bonds. The number of piperidine rings is 1. The Balaban J connectivity index is 1.38. The topological polar surface area (TPSA) is 56.8 Å². The average molecular weight is 398 g/mol. The average Bonchev–Trinajstić information content (AvgIpc) is 3.34. The summed E-state index contributed by atoms with van der Waals surface area (Å²) in [7, 11) is 0. The van der Waals surface area contributed by atoms with Gasteiger partial charge in [-0.2, -0.15) is 18.2 Å². The van der Waals surface area contributed by atoms with Crippen molar-refractivity contribution in [1.82, 2.24) is 20.8 Å². The predicted octanol–water partition coefficient (Wildman–Crippen LogP) is 2.10. The third-order valence-electron chi connectivity index (χ3n) is 5.86. The molecule has 3 aliphatic heterocycles. The third-order valence-corrected chi connectivity index (χ3v) is 5.86. The monoisotopic (exact) mass is 398 g/mol. The number of hydrogen-bond acceptors (Lipinski definition) is 5. The van der Waals surface area contributed by atoms with Gasteiger partial charge in [-0.1, -0.05) is 12.1 Å². The van der Waals surface area contributed by atoms with Crippen LogP contribution in [0.4, 0.5) is 13.2 Å². The largest absolute Gasteiger partial charge is 0.416 e. The predicted molar refractivity (Wildman–Crippen MR) is 95.7 cm³/mol. The number of hydrazine groups is 1. The van der Waals surface area contributed by atoms with Crippen molar-refractivity contribution < 1.29 is 22.8 Å². The maximum Gasteiger partial charge on any atom is 0.416 e. The number of hydrogen-bond donors (Lipinski definition) is 2. The number of fused-ring (bicyclic) bond motifs is 1. The van der Waals surface area contributed by atoms with E-state index in [1.807, 2.05) is 9.96 Å². The van der Waals surface area contributed by atoms with E-state index in [2.05, 4.69) is 10.9 Å². The molecule has 0 bridgehead atoms. The number of nitrogens with zero attached hydrogens (tertiary/aromatic N) is 2. The van der Waals surface area contributed by atoms with Crippen molar-refractivity contribution in [3.63, 3.8) is 0 Å². The van der Waals surface area contributed by atoms with Gasteiger partial charge in [0.25, 0.3) is 0 Å². The molecule has 154 valence electrons. The molecule has 4 rings (SSSR count). The maximum absolute atomic E-state index is 12.8. The van der Waals surface area contributed by atoms with Crippen molar-refractivity contribution in [3.8, 4) is 0 Å². The SMILES string of the molecule is O=C(CCN1CCCO1)N1CCC2NNC(c3ccc(C(F)(F)F)cc3)C2C1. The molecule has 6 nitrogen and oxygen atoms in total. The molecule has 1 aromatic carbocycles. The number of carbonyl (C=O) groups excluding carboxylic acids is 1. The molecular weight excluding hydrogens is 373 g/mol. The van der Waals surface area contributed by atoms with Gasteiger partial charge in [-0.3, -0.25) is 15.1 Å². The van der Waals surface area contributed by atoms with E-state index in [1.54, 1.807) is 0 Å². The van der Waals surface area contributed by atoms with E-state index in [-0.39, 0.29) is 23.9 Å². The first-order valence-electron chi connectivity index (χ1n) is 9.75. The Labute approximate surface area is 161 Å². The quantitative estimate of drug-likeness (QED) is 0.814. The second-order valence-electron chi connectivity index (χ2n) is 7.65. The Morgan fingerprint density at radius 1 is 1.18 bits per heavy atom. The van der Waals surface area contributed by atoms with Gasteiger partial charge in [-0.05, 0) is 30.5 Å². The summed E-state index contributed by atoms with van der Waals surface area (Å²) in [5.41, 5.74) is 6.61. The van der Waals surface area contributed by atoms with Crippen LogP contribution in [0.25, 0.3) is 0 Å². The minimum Gasteiger partial charge on any atom is -0.342 e. The first kappa shape index (κ1) is 19.6. The number of halogens is 3. The van der Waals surface area contributed by atoms with Gasteiger partial charge < -0.3 is 4.90 Å². The van der Waals surface area contributed by atoms with Gasteiger partial charge in [-0.25, -0.2) is 5.43 Å². The number of likely N-dealkylation sites (tertiary alicyclic amines) is 1. The molecule has 0 aliphatic carbocycles. The number of amides is 1. The van der Waals surface area contributed by atoms with Crippen LogP contribution in [-0.4, -0.2) is 54.7 Å². The van der Waals surface area contributed by atoms with E-state index in [1.165, 1.54) is 12.1 Å². The van der Waals surface area contributed by atoms with Crippen molar-refractivity contribution in [2.75, 3.05) is 32.8 Å². The lowest BCUT2D eigenvalue weighted by atomic mass is 9.85. The number of carbonyl (C=O) groups is 1. The van der Waals surface area contributed by atoms with E-state index in [9.17, 15) is 18.0 Å². The highest BCUT2D eigenvalue weighted by molar-refractivity contribution is 5.76. The fraction of sp³-hybridized carbons (Fsp3) is 0.632. The van der Waals surface area contributed by atoms with Gasteiger partial charge in [0.15, 0.2) is 0 Å². The molecule has 3 atom stereocenters. The summed E-state index contributed by atoms with van der Waals surface area (Å²) >= 11 is 0. The molecule has 0 aromatic heterocycles. The fourth-order valence-corrected chi connectivity index (χ4v) is 4.29. The van der Waals surface area contributed by atoms with Crippen molar-refractivity contribution in [3.05, 3.63) is 35.4 Å². The highest BCUT2D eigenvalue weighted by Gasteiger charge is 2.41. The summed E-state index contributed by atoms with van der Waals surface area (Å²) < 4.78 is 38.4. The van der Waals surface area contributed by atoms with Crippen molar-refractivity contribution in [2.24, 2.45) is 5.92 Å². The van der Waals surface area contributed by atoms with Gasteiger partial charge in [0.05, 0.1) is 18.2 Å². The summed E-state index contributed by atoms with van der Waals surface area (Å²) in [5.74, 6) is 0.226. The standard InChI is InChI=1S/C19H25F3N4O2/c20-19(21,22)14-4-2-13(3-5-14)18-15-12-25(9-6-16(15)23-24-18)17(27)7-10-26-8-1-11-28-26/h2-5,15-16,18,23-24H,1,6-12H2. The Hall–Kier alpha value is -1.68. The van der Waals surface area contributed by atoms with Crippen LogP contribution in [0.15, 0.2) is 24.3 Å². The molecule has 0 saturated carbocycles. The first-order valence-corrected chi connectivity index (χ1v) is 9.75. The van der Waals surface area contributed by atoms with Crippen molar-refractivity contribution >= 4 is 5.91 Å². The fourth-order valence-electron chi connectivity index (χ4n) is 4.29. The molecule has 0 spiro atoms. The maximum atomic E-state index is 12.8. The molecule has 3 aliphatic rings. The van der Waals surface area contributed by atoms with Crippen molar-refractivity contribution in [1.29, 1.82) is 0 Å². The minimum atomic E-state index is -4.34. The van der Waals surface area contributed by atoms with Crippen LogP contribution in [0.2, 0.25) is 0 Å². The minimum absolute atomic E-state index is 0.104. The molecule has 3 saturated heterocycles.